The minimum Gasteiger partial charge on any atom is -0.324 e. The van der Waals surface area contributed by atoms with Crippen LogP contribution in [0, 0.1) is 5.92 Å². The maximum Gasteiger partial charge on any atom is 0.416 e. The Kier molecular flexibility index (Phi) is 3.86. The summed E-state index contributed by atoms with van der Waals surface area (Å²) in [4.78, 5) is 0. The second-order valence-corrected chi connectivity index (χ2v) is 3.98. The van der Waals surface area contributed by atoms with Gasteiger partial charge in [0.05, 0.1) is 5.56 Å². The largest absolute Gasteiger partial charge is 0.416 e. The lowest BCUT2D eigenvalue weighted by atomic mass is 10.0. The zero-order chi connectivity index (χ0) is 11.1. The standard InChI is InChI=1S/C11H12F3N.ClH/c12-11(13,14)9-5-3-8(4-6-9)10(15)7-1-2-7;/h3-7,10H,1-2,15H2;1H. The van der Waals surface area contributed by atoms with Crippen LogP contribution in [-0.2, 0) is 6.18 Å². The second-order valence-electron chi connectivity index (χ2n) is 3.98. The zero-order valence-electron chi connectivity index (χ0n) is 8.50. The molecule has 1 aromatic carbocycles. The van der Waals surface area contributed by atoms with Crippen molar-refractivity contribution in [1.82, 2.24) is 0 Å². The minimum atomic E-state index is -4.26. The van der Waals surface area contributed by atoms with Gasteiger partial charge in [-0.05, 0) is 36.5 Å². The summed E-state index contributed by atoms with van der Waals surface area (Å²) < 4.78 is 36.8. The van der Waals surface area contributed by atoms with Crippen molar-refractivity contribution in [2.24, 2.45) is 11.7 Å². The first-order chi connectivity index (χ1) is 6.98. The highest BCUT2D eigenvalue weighted by Gasteiger charge is 2.32. The topological polar surface area (TPSA) is 26.0 Å². The van der Waals surface area contributed by atoms with Crippen LogP contribution in [-0.4, -0.2) is 0 Å². The van der Waals surface area contributed by atoms with Gasteiger partial charge in [0.15, 0.2) is 0 Å². The number of hydrogen-bond donors (Lipinski definition) is 1. The molecule has 0 aromatic heterocycles. The lowest BCUT2D eigenvalue weighted by Gasteiger charge is -2.12. The molecule has 2 N–H and O–H groups in total. The van der Waals surface area contributed by atoms with Crippen molar-refractivity contribution >= 4 is 12.4 Å². The fourth-order valence-electron chi connectivity index (χ4n) is 1.62. The summed E-state index contributed by atoms with van der Waals surface area (Å²) in [5, 5.41) is 0. The summed E-state index contributed by atoms with van der Waals surface area (Å²) in [6, 6.07) is 5.04. The molecule has 0 bridgehead atoms. The van der Waals surface area contributed by atoms with Crippen molar-refractivity contribution < 1.29 is 13.2 Å². The van der Waals surface area contributed by atoms with Gasteiger partial charge < -0.3 is 5.73 Å². The normalized spacial score (nSPS) is 17.8. The molecule has 0 heterocycles. The number of halogens is 4. The van der Waals surface area contributed by atoms with E-state index in [2.05, 4.69) is 0 Å². The van der Waals surface area contributed by atoms with Crippen LogP contribution in [0.4, 0.5) is 13.2 Å². The molecule has 0 aliphatic heterocycles. The predicted octanol–water partition coefficient (Wildman–Crippen LogP) is 3.54. The maximum atomic E-state index is 12.3. The fourth-order valence-corrected chi connectivity index (χ4v) is 1.62. The van der Waals surface area contributed by atoms with Crippen LogP contribution in [0.1, 0.15) is 30.0 Å². The van der Waals surface area contributed by atoms with Gasteiger partial charge in [0.1, 0.15) is 0 Å². The van der Waals surface area contributed by atoms with Crippen molar-refractivity contribution in [3.05, 3.63) is 35.4 Å². The average molecular weight is 252 g/mol. The number of alkyl halides is 3. The van der Waals surface area contributed by atoms with Gasteiger partial charge in [-0.15, -0.1) is 12.4 Å². The second kappa shape index (κ2) is 4.63. The lowest BCUT2D eigenvalue weighted by Crippen LogP contribution is -2.13. The average Bonchev–Trinajstić information content (AvgIpc) is 2.99. The van der Waals surface area contributed by atoms with Crippen LogP contribution in [0.2, 0.25) is 0 Å². The number of benzene rings is 1. The van der Waals surface area contributed by atoms with Crippen molar-refractivity contribution in [3.63, 3.8) is 0 Å². The molecular formula is C11H13ClF3N. The minimum absolute atomic E-state index is 0. The van der Waals surface area contributed by atoms with E-state index in [9.17, 15) is 13.2 Å². The van der Waals surface area contributed by atoms with Gasteiger partial charge >= 0.3 is 6.18 Å². The molecule has 1 aromatic rings. The first kappa shape index (κ1) is 13.3. The quantitative estimate of drug-likeness (QED) is 0.855. The van der Waals surface area contributed by atoms with Crippen LogP contribution in [0.5, 0.6) is 0 Å². The van der Waals surface area contributed by atoms with Gasteiger partial charge in [0.25, 0.3) is 0 Å². The Labute approximate surface area is 98.2 Å². The molecule has 1 fully saturated rings. The molecule has 1 nitrogen and oxygen atoms in total. The number of nitrogens with two attached hydrogens (primary N) is 1. The Morgan fingerprint density at radius 1 is 1.12 bits per heavy atom. The molecule has 90 valence electrons. The summed E-state index contributed by atoms with van der Waals surface area (Å²) in [6.45, 7) is 0. The van der Waals surface area contributed by atoms with E-state index in [-0.39, 0.29) is 18.4 Å². The van der Waals surface area contributed by atoms with E-state index in [1.807, 2.05) is 0 Å². The first-order valence-electron chi connectivity index (χ1n) is 4.91. The Balaban J connectivity index is 0.00000128. The SMILES string of the molecule is Cl.NC(c1ccc(C(F)(F)F)cc1)C1CC1. The van der Waals surface area contributed by atoms with E-state index in [0.717, 1.165) is 30.5 Å². The van der Waals surface area contributed by atoms with E-state index >= 15 is 0 Å². The highest BCUT2D eigenvalue weighted by Crippen LogP contribution is 2.40. The zero-order valence-corrected chi connectivity index (χ0v) is 9.31. The molecule has 1 saturated carbocycles. The smallest absolute Gasteiger partial charge is 0.324 e. The van der Waals surface area contributed by atoms with Crippen molar-refractivity contribution in [2.45, 2.75) is 25.1 Å². The van der Waals surface area contributed by atoms with Crippen molar-refractivity contribution in [2.75, 3.05) is 0 Å². The Hall–Kier alpha value is -0.740. The molecule has 5 heteroatoms. The van der Waals surface area contributed by atoms with E-state index < -0.39 is 11.7 Å². The third-order valence-corrected chi connectivity index (χ3v) is 2.75. The fraction of sp³-hybridized carbons (Fsp3) is 0.455. The molecule has 0 amide bonds. The molecule has 2 rings (SSSR count). The van der Waals surface area contributed by atoms with Crippen LogP contribution < -0.4 is 5.73 Å². The molecule has 1 aliphatic rings. The van der Waals surface area contributed by atoms with Gasteiger partial charge in [-0.25, -0.2) is 0 Å². The summed E-state index contributed by atoms with van der Waals surface area (Å²) in [5.41, 5.74) is 6.06. The molecular weight excluding hydrogens is 239 g/mol. The summed E-state index contributed by atoms with van der Waals surface area (Å²) in [5.74, 6) is 0.460. The maximum absolute atomic E-state index is 12.3. The van der Waals surface area contributed by atoms with Crippen molar-refractivity contribution in [1.29, 1.82) is 0 Å². The highest BCUT2D eigenvalue weighted by molar-refractivity contribution is 5.85. The van der Waals surface area contributed by atoms with Gasteiger partial charge in [-0.1, -0.05) is 12.1 Å². The molecule has 1 unspecified atom stereocenters. The molecule has 16 heavy (non-hydrogen) atoms. The molecule has 0 radical (unpaired) electrons. The Morgan fingerprint density at radius 2 is 1.62 bits per heavy atom. The number of hydrogen-bond acceptors (Lipinski definition) is 1. The predicted molar refractivity (Wildman–Crippen MR) is 58.3 cm³/mol. The first-order valence-corrected chi connectivity index (χ1v) is 4.91. The monoisotopic (exact) mass is 251 g/mol. The Morgan fingerprint density at radius 3 is 2.00 bits per heavy atom. The van der Waals surface area contributed by atoms with E-state index in [4.69, 9.17) is 5.73 Å². The van der Waals surface area contributed by atoms with Crippen molar-refractivity contribution in [3.8, 4) is 0 Å². The van der Waals surface area contributed by atoms with E-state index in [1.165, 1.54) is 12.1 Å². The summed E-state index contributed by atoms with van der Waals surface area (Å²) in [7, 11) is 0. The molecule has 1 atom stereocenters. The third kappa shape index (κ3) is 2.89. The van der Waals surface area contributed by atoms with Crippen LogP contribution >= 0.6 is 12.4 Å². The Bertz CT molecular complexity index is 343. The van der Waals surface area contributed by atoms with Gasteiger partial charge in [0.2, 0.25) is 0 Å². The molecule has 0 saturated heterocycles. The van der Waals surface area contributed by atoms with E-state index in [1.54, 1.807) is 0 Å². The van der Waals surface area contributed by atoms with E-state index in [0.29, 0.717) is 5.92 Å². The highest BCUT2D eigenvalue weighted by atomic mass is 35.5. The number of rotatable bonds is 2. The lowest BCUT2D eigenvalue weighted by molar-refractivity contribution is -0.137. The third-order valence-electron chi connectivity index (χ3n) is 2.75. The van der Waals surface area contributed by atoms with Gasteiger partial charge in [0, 0.05) is 6.04 Å². The van der Waals surface area contributed by atoms with Gasteiger partial charge in [-0.2, -0.15) is 13.2 Å². The van der Waals surface area contributed by atoms with Crippen LogP contribution in [0.25, 0.3) is 0 Å². The van der Waals surface area contributed by atoms with Crippen LogP contribution in [0.15, 0.2) is 24.3 Å². The summed E-state index contributed by atoms with van der Waals surface area (Å²) in [6.07, 6.45) is -2.09. The summed E-state index contributed by atoms with van der Waals surface area (Å²) >= 11 is 0. The molecule has 0 spiro atoms. The molecule has 1 aliphatic carbocycles. The van der Waals surface area contributed by atoms with Gasteiger partial charge in [-0.3, -0.25) is 0 Å². The van der Waals surface area contributed by atoms with Crippen LogP contribution in [0.3, 0.4) is 0 Å².